The van der Waals surface area contributed by atoms with Gasteiger partial charge in [0.05, 0.1) is 15.4 Å². The second-order valence-electron chi connectivity index (χ2n) is 7.34. The van der Waals surface area contributed by atoms with Crippen LogP contribution in [0.2, 0.25) is 5.02 Å². The molecule has 2 aromatic heterocycles. The van der Waals surface area contributed by atoms with Crippen molar-refractivity contribution < 1.29 is 4.79 Å². The zero-order chi connectivity index (χ0) is 21.2. The number of thiophene rings is 1. The number of hydrogen-bond donors (Lipinski definition) is 1. The molecule has 0 atom stereocenters. The molecular weight excluding hydrogens is 446 g/mol. The molecule has 3 heterocycles. The summed E-state index contributed by atoms with van der Waals surface area (Å²) in [6.07, 6.45) is 4.26. The molecule has 1 aliphatic rings. The van der Waals surface area contributed by atoms with Crippen LogP contribution < -0.4 is 9.62 Å². The Bertz CT molecular complexity index is 1230. The summed E-state index contributed by atoms with van der Waals surface area (Å²) in [5.41, 5.74) is 4.10. The highest BCUT2D eigenvalue weighted by Crippen LogP contribution is 2.36. The number of anilines is 2. The second-order valence-corrected chi connectivity index (χ2v) is 9.77. The van der Waals surface area contributed by atoms with E-state index in [4.69, 9.17) is 11.6 Å². The zero-order valence-electron chi connectivity index (χ0n) is 16.7. The molecule has 1 saturated heterocycles. The van der Waals surface area contributed by atoms with Crippen LogP contribution >= 0.6 is 34.9 Å². The predicted molar refractivity (Wildman–Crippen MR) is 133 cm³/mol. The standard InChI is InChI=1S/C24H20ClN3OS2/c25-21-8-5-18(15-20(21)22-23-16(9-11-26-22)10-14-30-23)27-24(29)17-3-6-19(7-4-17)28-12-1-2-13-31-28/h3-11,14-15H,1-2,12-13H2,(H,27,29). The van der Waals surface area contributed by atoms with Crippen LogP contribution in [0.25, 0.3) is 21.3 Å². The van der Waals surface area contributed by atoms with Crippen LogP contribution in [0, 0.1) is 0 Å². The monoisotopic (exact) mass is 465 g/mol. The van der Waals surface area contributed by atoms with Crippen molar-refractivity contribution in [3.05, 3.63) is 76.8 Å². The molecular formula is C24H20ClN3OS2. The number of nitrogens with one attached hydrogen (secondary N) is 1. The SMILES string of the molecule is O=C(Nc1ccc(Cl)c(-c2nccc3ccsc23)c1)c1ccc(N2CCCCS2)cc1. The molecule has 1 amide bonds. The number of carbonyl (C=O) groups excluding carboxylic acids is 1. The maximum absolute atomic E-state index is 12.8. The van der Waals surface area contributed by atoms with Gasteiger partial charge in [0.25, 0.3) is 5.91 Å². The van der Waals surface area contributed by atoms with Crippen molar-refractivity contribution in [2.24, 2.45) is 0 Å². The number of aromatic nitrogens is 1. The van der Waals surface area contributed by atoms with Gasteiger partial charge in [-0.3, -0.25) is 9.78 Å². The minimum atomic E-state index is -0.145. The fourth-order valence-corrected chi connectivity index (χ4v) is 5.84. The largest absolute Gasteiger partial charge is 0.322 e. The summed E-state index contributed by atoms with van der Waals surface area (Å²) < 4.78 is 3.38. The molecule has 0 aliphatic carbocycles. The van der Waals surface area contributed by atoms with E-state index in [0.717, 1.165) is 39.3 Å². The van der Waals surface area contributed by atoms with Gasteiger partial charge in [0.1, 0.15) is 0 Å². The van der Waals surface area contributed by atoms with Crippen molar-refractivity contribution in [2.75, 3.05) is 21.9 Å². The van der Waals surface area contributed by atoms with E-state index in [2.05, 4.69) is 20.7 Å². The maximum Gasteiger partial charge on any atom is 0.255 e. The highest BCUT2D eigenvalue weighted by molar-refractivity contribution is 8.00. The van der Waals surface area contributed by atoms with Crippen LogP contribution in [0.4, 0.5) is 11.4 Å². The second kappa shape index (κ2) is 8.91. The molecule has 1 aliphatic heterocycles. The maximum atomic E-state index is 12.8. The summed E-state index contributed by atoms with van der Waals surface area (Å²) >= 11 is 9.97. The van der Waals surface area contributed by atoms with Gasteiger partial charge in [0.2, 0.25) is 0 Å². The summed E-state index contributed by atoms with van der Waals surface area (Å²) in [5, 5.41) is 6.78. The molecule has 31 heavy (non-hydrogen) atoms. The topological polar surface area (TPSA) is 45.2 Å². The van der Waals surface area contributed by atoms with Crippen molar-refractivity contribution in [2.45, 2.75) is 12.8 Å². The Morgan fingerprint density at radius 1 is 1.06 bits per heavy atom. The molecule has 4 nitrogen and oxygen atoms in total. The number of rotatable bonds is 4. The van der Waals surface area contributed by atoms with Gasteiger partial charge in [-0.25, -0.2) is 0 Å². The molecule has 0 radical (unpaired) electrons. The van der Waals surface area contributed by atoms with E-state index in [1.54, 1.807) is 23.6 Å². The van der Waals surface area contributed by atoms with Crippen LogP contribution in [0.5, 0.6) is 0 Å². The van der Waals surface area contributed by atoms with E-state index >= 15 is 0 Å². The molecule has 0 bridgehead atoms. The Labute approximate surface area is 194 Å². The Kier molecular flexibility index (Phi) is 5.85. The average Bonchev–Trinajstić information content (AvgIpc) is 3.30. The Hall–Kier alpha value is -2.54. The summed E-state index contributed by atoms with van der Waals surface area (Å²) in [7, 11) is 0. The van der Waals surface area contributed by atoms with Gasteiger partial charge < -0.3 is 9.62 Å². The van der Waals surface area contributed by atoms with E-state index in [1.807, 2.05) is 59.8 Å². The first kappa shape index (κ1) is 20.4. The smallest absolute Gasteiger partial charge is 0.255 e. The summed E-state index contributed by atoms with van der Waals surface area (Å²) in [6.45, 7) is 1.05. The lowest BCUT2D eigenvalue weighted by molar-refractivity contribution is 0.102. The first-order valence-corrected chi connectivity index (χ1v) is 12.3. The zero-order valence-corrected chi connectivity index (χ0v) is 19.1. The highest BCUT2D eigenvalue weighted by atomic mass is 35.5. The minimum absolute atomic E-state index is 0.145. The molecule has 4 aromatic rings. The van der Waals surface area contributed by atoms with Crippen molar-refractivity contribution >= 4 is 62.3 Å². The molecule has 2 aromatic carbocycles. The van der Waals surface area contributed by atoms with Crippen LogP contribution in [-0.4, -0.2) is 23.2 Å². The van der Waals surface area contributed by atoms with Crippen LogP contribution in [0.15, 0.2) is 66.2 Å². The van der Waals surface area contributed by atoms with Crippen molar-refractivity contribution in [3.8, 4) is 11.3 Å². The number of amides is 1. The van der Waals surface area contributed by atoms with Crippen LogP contribution in [0.3, 0.4) is 0 Å². The van der Waals surface area contributed by atoms with Crippen molar-refractivity contribution in [1.29, 1.82) is 0 Å². The number of fused-ring (bicyclic) bond motifs is 1. The molecule has 0 saturated carbocycles. The summed E-state index contributed by atoms with van der Waals surface area (Å²) in [4.78, 5) is 17.4. The molecule has 5 rings (SSSR count). The fraction of sp³-hybridized carbons (Fsp3) is 0.167. The average molecular weight is 466 g/mol. The summed E-state index contributed by atoms with van der Waals surface area (Å²) in [5.74, 6) is 1.00. The number of pyridine rings is 1. The van der Waals surface area contributed by atoms with Gasteiger partial charge in [0.15, 0.2) is 0 Å². The number of hydrogen-bond acceptors (Lipinski definition) is 5. The number of benzene rings is 2. The number of nitrogens with zero attached hydrogens (tertiary/aromatic N) is 2. The van der Waals surface area contributed by atoms with Gasteiger partial charge in [0, 0.05) is 41.0 Å². The molecule has 7 heteroatoms. The van der Waals surface area contributed by atoms with Gasteiger partial charge in [-0.05, 0) is 90.2 Å². The quantitative estimate of drug-likeness (QED) is 0.326. The van der Waals surface area contributed by atoms with Crippen LogP contribution in [-0.2, 0) is 0 Å². The number of carbonyl (C=O) groups is 1. The molecule has 1 fully saturated rings. The lowest BCUT2D eigenvalue weighted by Gasteiger charge is -2.27. The third-order valence-electron chi connectivity index (χ3n) is 5.27. The first-order valence-electron chi connectivity index (χ1n) is 10.1. The third kappa shape index (κ3) is 4.28. The Morgan fingerprint density at radius 3 is 2.74 bits per heavy atom. The van der Waals surface area contributed by atoms with Gasteiger partial charge >= 0.3 is 0 Å². The molecule has 1 N–H and O–H groups in total. The van der Waals surface area contributed by atoms with Gasteiger partial charge in [-0.15, -0.1) is 11.3 Å². The highest BCUT2D eigenvalue weighted by Gasteiger charge is 2.15. The van der Waals surface area contributed by atoms with E-state index in [9.17, 15) is 4.79 Å². The minimum Gasteiger partial charge on any atom is -0.322 e. The lowest BCUT2D eigenvalue weighted by Crippen LogP contribution is -2.21. The molecule has 0 spiro atoms. The molecule has 156 valence electrons. The van der Waals surface area contributed by atoms with E-state index < -0.39 is 0 Å². The van der Waals surface area contributed by atoms with Crippen LogP contribution in [0.1, 0.15) is 23.2 Å². The van der Waals surface area contributed by atoms with E-state index in [1.165, 1.54) is 12.8 Å². The summed E-state index contributed by atoms with van der Waals surface area (Å²) in [6, 6.07) is 17.4. The van der Waals surface area contributed by atoms with Gasteiger partial charge in [-0.1, -0.05) is 11.6 Å². The van der Waals surface area contributed by atoms with Gasteiger partial charge in [-0.2, -0.15) is 0 Å². The Balaban J connectivity index is 1.37. The molecule has 0 unspecified atom stereocenters. The lowest BCUT2D eigenvalue weighted by atomic mass is 10.1. The van der Waals surface area contributed by atoms with Crippen molar-refractivity contribution in [3.63, 3.8) is 0 Å². The predicted octanol–water partition coefficient (Wildman–Crippen LogP) is 7.12. The van der Waals surface area contributed by atoms with E-state index in [-0.39, 0.29) is 5.91 Å². The van der Waals surface area contributed by atoms with Crippen molar-refractivity contribution in [1.82, 2.24) is 4.98 Å². The first-order chi connectivity index (χ1) is 15.2. The fourth-order valence-electron chi connectivity index (χ4n) is 3.65. The third-order valence-corrected chi connectivity index (χ3v) is 7.71. The van der Waals surface area contributed by atoms with E-state index in [0.29, 0.717) is 16.3 Å². The Morgan fingerprint density at radius 2 is 1.94 bits per heavy atom. The normalized spacial score (nSPS) is 14.0. The number of halogens is 1.